The van der Waals surface area contributed by atoms with Gasteiger partial charge >= 0.3 is 0 Å². The van der Waals surface area contributed by atoms with E-state index >= 15 is 0 Å². The molecule has 0 atom stereocenters. The first-order valence-corrected chi connectivity index (χ1v) is 5.50. The van der Waals surface area contributed by atoms with Crippen molar-refractivity contribution in [1.29, 1.82) is 0 Å². The van der Waals surface area contributed by atoms with Crippen molar-refractivity contribution in [3.63, 3.8) is 0 Å². The summed E-state index contributed by atoms with van der Waals surface area (Å²) in [5.41, 5.74) is 3.42. The van der Waals surface area contributed by atoms with E-state index < -0.39 is 11.9 Å². The number of hydrogen-bond donors (Lipinski definition) is 1. The number of carbonyl (C=O) groups is 1. The van der Waals surface area contributed by atoms with Crippen molar-refractivity contribution in [3.05, 3.63) is 35.2 Å². The maximum absolute atomic E-state index is 13.6. The summed E-state index contributed by atoms with van der Waals surface area (Å²) in [6.45, 7) is 1.66. The van der Waals surface area contributed by atoms with Crippen molar-refractivity contribution in [1.82, 2.24) is 25.0 Å². The van der Waals surface area contributed by atoms with Gasteiger partial charge in [-0.05, 0) is 6.92 Å². The fourth-order valence-electron chi connectivity index (χ4n) is 1.55. The first-order valence-electron chi connectivity index (χ1n) is 5.50. The van der Waals surface area contributed by atoms with Crippen LogP contribution in [0.2, 0.25) is 0 Å². The minimum Gasteiger partial charge on any atom is -0.275 e. The summed E-state index contributed by atoms with van der Waals surface area (Å²) in [6, 6.07) is 0. The van der Waals surface area contributed by atoms with Gasteiger partial charge in [0.15, 0.2) is 0 Å². The van der Waals surface area contributed by atoms with Crippen LogP contribution in [0.15, 0.2) is 17.5 Å². The Bertz CT molecular complexity index is 642. The summed E-state index contributed by atoms with van der Waals surface area (Å²) < 4.78 is 16.2. The summed E-state index contributed by atoms with van der Waals surface area (Å²) in [4.78, 5) is 11.6. The van der Waals surface area contributed by atoms with E-state index in [1.54, 1.807) is 20.2 Å². The Hall–Kier alpha value is -2.51. The zero-order valence-electron chi connectivity index (χ0n) is 10.8. The quantitative estimate of drug-likeness (QED) is 0.642. The molecule has 1 amide bonds. The molecular weight excluding hydrogens is 251 g/mol. The van der Waals surface area contributed by atoms with Gasteiger partial charge in [-0.3, -0.25) is 9.48 Å². The summed E-state index contributed by atoms with van der Waals surface area (Å²) in [6.07, 6.45) is 4.20. The molecule has 0 spiro atoms. The van der Waals surface area contributed by atoms with E-state index in [1.807, 2.05) is 0 Å². The molecule has 8 heteroatoms. The van der Waals surface area contributed by atoms with Gasteiger partial charge in [0.1, 0.15) is 0 Å². The number of hydrazone groups is 1. The number of carbonyl (C=O) groups excluding carboxylic acids is 1. The number of aryl methyl sites for hydroxylation is 3. The number of rotatable bonds is 3. The Balaban J connectivity index is 2.06. The molecule has 100 valence electrons. The lowest BCUT2D eigenvalue weighted by Crippen LogP contribution is -2.17. The van der Waals surface area contributed by atoms with E-state index in [4.69, 9.17) is 0 Å². The Morgan fingerprint density at radius 1 is 1.53 bits per heavy atom. The molecule has 0 radical (unpaired) electrons. The van der Waals surface area contributed by atoms with E-state index in [1.165, 1.54) is 24.1 Å². The number of nitrogens with one attached hydrogen (secondary N) is 1. The summed E-state index contributed by atoms with van der Waals surface area (Å²) in [5.74, 6) is -0.914. The monoisotopic (exact) mass is 264 g/mol. The number of aromatic nitrogens is 4. The predicted molar refractivity (Wildman–Crippen MR) is 66.2 cm³/mol. The molecule has 2 aromatic rings. The standard InChI is InChI=1S/C11H13FN6O/c1-7-9(10(12)18(3)16-7)5-13-15-11(19)8-4-14-17(2)6-8/h4-6H,1-3H3,(H,15,19)/b13-5-. The van der Waals surface area contributed by atoms with Gasteiger partial charge in [0.05, 0.1) is 29.2 Å². The van der Waals surface area contributed by atoms with Gasteiger partial charge in [-0.1, -0.05) is 0 Å². The van der Waals surface area contributed by atoms with Gasteiger partial charge in [0, 0.05) is 20.3 Å². The van der Waals surface area contributed by atoms with E-state index in [0.717, 1.165) is 4.68 Å². The molecule has 2 aromatic heterocycles. The van der Waals surface area contributed by atoms with Crippen LogP contribution in [-0.2, 0) is 14.1 Å². The molecular formula is C11H13FN6O. The molecule has 2 rings (SSSR count). The molecule has 1 N–H and O–H groups in total. The SMILES string of the molecule is Cc1nn(C)c(F)c1/C=N\NC(=O)c1cnn(C)c1. The average molecular weight is 264 g/mol. The highest BCUT2D eigenvalue weighted by Crippen LogP contribution is 2.07. The van der Waals surface area contributed by atoms with Gasteiger partial charge in [-0.15, -0.1) is 0 Å². The van der Waals surface area contributed by atoms with Crippen molar-refractivity contribution in [3.8, 4) is 0 Å². The molecule has 0 aliphatic carbocycles. The average Bonchev–Trinajstić information content (AvgIpc) is 2.88. The lowest BCUT2D eigenvalue weighted by molar-refractivity contribution is 0.0955. The highest BCUT2D eigenvalue weighted by Gasteiger charge is 2.11. The Morgan fingerprint density at radius 2 is 2.26 bits per heavy atom. The first-order chi connectivity index (χ1) is 8.99. The minimum atomic E-state index is -0.503. The smallest absolute Gasteiger partial charge is 0.274 e. The van der Waals surface area contributed by atoms with Crippen LogP contribution in [0.5, 0.6) is 0 Å². The van der Waals surface area contributed by atoms with Crippen LogP contribution in [0.4, 0.5) is 4.39 Å². The number of amides is 1. The van der Waals surface area contributed by atoms with Crippen LogP contribution in [0.3, 0.4) is 0 Å². The molecule has 0 aromatic carbocycles. The van der Waals surface area contributed by atoms with Crippen molar-refractivity contribution in [2.45, 2.75) is 6.92 Å². The highest BCUT2D eigenvalue weighted by atomic mass is 19.1. The van der Waals surface area contributed by atoms with Crippen molar-refractivity contribution < 1.29 is 9.18 Å². The van der Waals surface area contributed by atoms with Crippen LogP contribution in [0.1, 0.15) is 21.6 Å². The summed E-state index contributed by atoms with van der Waals surface area (Å²) >= 11 is 0. The zero-order chi connectivity index (χ0) is 14.0. The van der Waals surface area contributed by atoms with E-state index in [-0.39, 0.29) is 5.56 Å². The number of hydrogen-bond acceptors (Lipinski definition) is 4. The second-order valence-electron chi connectivity index (χ2n) is 4.02. The molecule has 0 saturated carbocycles. The lowest BCUT2D eigenvalue weighted by atomic mass is 10.3. The highest BCUT2D eigenvalue weighted by molar-refractivity contribution is 5.94. The molecule has 7 nitrogen and oxygen atoms in total. The fraction of sp³-hybridized carbons (Fsp3) is 0.273. The van der Waals surface area contributed by atoms with E-state index in [2.05, 4.69) is 20.7 Å². The van der Waals surface area contributed by atoms with Crippen molar-refractivity contribution in [2.24, 2.45) is 19.2 Å². The van der Waals surface area contributed by atoms with Crippen LogP contribution in [0, 0.1) is 12.9 Å². The van der Waals surface area contributed by atoms with Gasteiger partial charge in [0.2, 0.25) is 5.95 Å². The molecule has 19 heavy (non-hydrogen) atoms. The van der Waals surface area contributed by atoms with Gasteiger partial charge < -0.3 is 0 Å². The minimum absolute atomic E-state index is 0.244. The van der Waals surface area contributed by atoms with Crippen molar-refractivity contribution >= 4 is 12.1 Å². The number of nitrogens with zero attached hydrogens (tertiary/aromatic N) is 5. The normalized spacial score (nSPS) is 11.2. The van der Waals surface area contributed by atoms with Crippen LogP contribution >= 0.6 is 0 Å². The maximum atomic E-state index is 13.6. The Labute approximate surface area is 108 Å². The zero-order valence-corrected chi connectivity index (χ0v) is 10.8. The Kier molecular flexibility index (Phi) is 3.41. The van der Waals surface area contributed by atoms with Gasteiger partial charge in [0.25, 0.3) is 5.91 Å². The summed E-state index contributed by atoms with van der Waals surface area (Å²) in [5, 5.41) is 11.5. The van der Waals surface area contributed by atoms with E-state index in [9.17, 15) is 9.18 Å². The third-order valence-electron chi connectivity index (χ3n) is 2.52. The van der Waals surface area contributed by atoms with E-state index in [0.29, 0.717) is 11.3 Å². The van der Waals surface area contributed by atoms with Gasteiger partial charge in [-0.25, -0.2) is 10.1 Å². The fourth-order valence-corrected chi connectivity index (χ4v) is 1.55. The van der Waals surface area contributed by atoms with Crippen LogP contribution in [-0.4, -0.2) is 31.7 Å². The molecule has 0 aliphatic rings. The molecule has 0 saturated heterocycles. The molecule has 0 fully saturated rings. The third-order valence-corrected chi connectivity index (χ3v) is 2.52. The molecule has 2 heterocycles. The Morgan fingerprint density at radius 3 is 2.79 bits per heavy atom. The maximum Gasteiger partial charge on any atom is 0.274 e. The van der Waals surface area contributed by atoms with Gasteiger partial charge in [-0.2, -0.15) is 19.7 Å². The largest absolute Gasteiger partial charge is 0.275 e. The molecule has 0 unspecified atom stereocenters. The first kappa shape index (κ1) is 12.9. The predicted octanol–water partition coefficient (Wildman–Crippen LogP) is 0.365. The van der Waals surface area contributed by atoms with Crippen molar-refractivity contribution in [2.75, 3.05) is 0 Å². The lowest BCUT2D eigenvalue weighted by Gasteiger charge is -1.95. The third kappa shape index (κ3) is 2.67. The second-order valence-corrected chi connectivity index (χ2v) is 4.02. The second kappa shape index (κ2) is 5.01. The molecule has 0 aliphatic heterocycles. The van der Waals surface area contributed by atoms with Crippen LogP contribution < -0.4 is 5.43 Å². The summed E-state index contributed by atoms with van der Waals surface area (Å²) in [7, 11) is 3.20. The van der Waals surface area contributed by atoms with Crippen LogP contribution in [0.25, 0.3) is 0 Å². The topological polar surface area (TPSA) is 77.1 Å². The number of halogens is 1. The molecule has 0 bridgehead atoms.